The van der Waals surface area contributed by atoms with E-state index in [4.69, 9.17) is 14.2 Å². The van der Waals surface area contributed by atoms with Gasteiger partial charge in [-0.1, -0.05) is 219 Å². The van der Waals surface area contributed by atoms with E-state index < -0.39 is 6.10 Å². The van der Waals surface area contributed by atoms with Gasteiger partial charge in [0.25, 0.3) is 0 Å². The minimum absolute atomic E-state index is 0.113. The van der Waals surface area contributed by atoms with Gasteiger partial charge in [-0.2, -0.15) is 0 Å². The molecular formula is C63H100O6. The summed E-state index contributed by atoms with van der Waals surface area (Å²) in [6, 6.07) is 0. The van der Waals surface area contributed by atoms with Gasteiger partial charge in [0.2, 0.25) is 0 Å². The molecule has 0 fully saturated rings. The highest BCUT2D eigenvalue weighted by atomic mass is 16.6. The molecule has 1 atom stereocenters. The summed E-state index contributed by atoms with van der Waals surface area (Å²) in [6.07, 6.45) is 78.7. The highest BCUT2D eigenvalue weighted by Crippen LogP contribution is 2.13. The lowest BCUT2D eigenvalue weighted by Crippen LogP contribution is -2.30. The molecule has 0 aliphatic rings. The van der Waals surface area contributed by atoms with Crippen LogP contribution in [0.1, 0.15) is 226 Å². The molecule has 0 bridgehead atoms. The molecule has 0 radical (unpaired) electrons. The van der Waals surface area contributed by atoms with Crippen LogP contribution in [-0.2, 0) is 28.6 Å². The summed E-state index contributed by atoms with van der Waals surface area (Å²) in [7, 11) is 0. The normalized spacial score (nSPS) is 13.1. The van der Waals surface area contributed by atoms with Gasteiger partial charge in [-0.25, -0.2) is 0 Å². The van der Waals surface area contributed by atoms with Crippen LogP contribution in [0, 0.1) is 0 Å². The lowest BCUT2D eigenvalue weighted by Gasteiger charge is -2.18. The molecule has 0 saturated carbocycles. The Bertz CT molecular complexity index is 1510. The zero-order valence-electron chi connectivity index (χ0n) is 44.3. The Kier molecular flexibility index (Phi) is 52.5. The van der Waals surface area contributed by atoms with Crippen molar-refractivity contribution in [3.8, 4) is 0 Å². The first-order valence-electron chi connectivity index (χ1n) is 27.7. The summed E-state index contributed by atoms with van der Waals surface area (Å²) in [5.74, 6) is -0.999. The van der Waals surface area contributed by atoms with Gasteiger partial charge in [0.05, 0.1) is 0 Å². The van der Waals surface area contributed by atoms with Crippen molar-refractivity contribution in [1.29, 1.82) is 0 Å². The molecule has 0 rings (SSSR count). The highest BCUT2D eigenvalue weighted by Gasteiger charge is 2.19. The summed E-state index contributed by atoms with van der Waals surface area (Å²) in [4.78, 5) is 38.0. The monoisotopic (exact) mass is 953 g/mol. The third-order valence-electron chi connectivity index (χ3n) is 11.1. The minimum Gasteiger partial charge on any atom is -0.462 e. The lowest BCUT2D eigenvalue weighted by molar-refractivity contribution is -0.167. The van der Waals surface area contributed by atoms with Crippen LogP contribution in [0.15, 0.2) is 134 Å². The van der Waals surface area contributed by atoms with E-state index in [9.17, 15) is 14.4 Å². The second-order valence-electron chi connectivity index (χ2n) is 17.7. The predicted molar refractivity (Wildman–Crippen MR) is 297 cm³/mol. The molecule has 0 saturated heterocycles. The summed E-state index contributed by atoms with van der Waals surface area (Å²) >= 11 is 0. The van der Waals surface area contributed by atoms with Gasteiger partial charge in [-0.15, -0.1) is 0 Å². The number of ether oxygens (including phenoxy) is 3. The number of hydrogen-bond donors (Lipinski definition) is 0. The topological polar surface area (TPSA) is 78.9 Å². The second-order valence-corrected chi connectivity index (χ2v) is 17.7. The summed E-state index contributed by atoms with van der Waals surface area (Å²) in [5.41, 5.74) is 0. The van der Waals surface area contributed by atoms with Crippen LogP contribution in [0.4, 0.5) is 0 Å². The van der Waals surface area contributed by atoms with Crippen molar-refractivity contribution in [3.63, 3.8) is 0 Å². The Morgan fingerprint density at radius 3 is 0.942 bits per heavy atom. The molecule has 0 heterocycles. The summed E-state index contributed by atoms with van der Waals surface area (Å²) < 4.78 is 16.8. The average Bonchev–Trinajstić information content (AvgIpc) is 3.35. The molecule has 0 aliphatic carbocycles. The van der Waals surface area contributed by atoms with Gasteiger partial charge in [0, 0.05) is 19.3 Å². The van der Waals surface area contributed by atoms with Crippen LogP contribution in [0.5, 0.6) is 0 Å². The van der Waals surface area contributed by atoms with Crippen molar-refractivity contribution in [3.05, 3.63) is 134 Å². The second kappa shape index (κ2) is 56.1. The molecule has 6 nitrogen and oxygen atoms in total. The van der Waals surface area contributed by atoms with Crippen LogP contribution >= 0.6 is 0 Å². The van der Waals surface area contributed by atoms with Crippen molar-refractivity contribution < 1.29 is 28.6 Å². The molecule has 0 aromatic heterocycles. The molecule has 0 amide bonds. The van der Waals surface area contributed by atoms with Crippen LogP contribution in [0.3, 0.4) is 0 Å². The number of esters is 3. The Hall–Kier alpha value is -4.45. The summed E-state index contributed by atoms with van der Waals surface area (Å²) in [5, 5.41) is 0. The van der Waals surface area contributed by atoms with Gasteiger partial charge in [0.1, 0.15) is 13.2 Å². The van der Waals surface area contributed by atoms with Gasteiger partial charge in [-0.3, -0.25) is 14.4 Å². The van der Waals surface area contributed by atoms with Crippen molar-refractivity contribution in [1.82, 2.24) is 0 Å². The zero-order chi connectivity index (χ0) is 50.0. The molecule has 0 N–H and O–H groups in total. The molecule has 1 unspecified atom stereocenters. The average molecular weight is 953 g/mol. The molecule has 0 aromatic carbocycles. The standard InChI is InChI=1S/C63H100O6/c1-4-7-10-13-16-19-22-24-26-28-29-30-31-32-33-35-36-38-41-44-47-50-53-56-62(65)68-59-60(58-67-61(64)55-52-49-46-43-40-21-18-15-12-9-6-3)69-63(66)57-54-51-48-45-42-39-37-34-27-25-23-20-17-14-11-8-5-2/h7-8,10-11,15-20,24-27,29-30,32-33,37,39,45,48,60H,4-6,9,12-14,21-23,28,31,34-36,38,40-44,46-47,49-59H2,1-3H3/b10-7-,11-8-,18-15-,19-16-,20-17-,26-24-,27-25-,30-29-,33-32-,39-37-,48-45-. The van der Waals surface area contributed by atoms with Gasteiger partial charge >= 0.3 is 17.9 Å². The lowest BCUT2D eigenvalue weighted by atomic mass is 10.1. The van der Waals surface area contributed by atoms with Gasteiger partial charge in [0.15, 0.2) is 6.10 Å². The maximum atomic E-state index is 12.8. The molecule has 69 heavy (non-hydrogen) atoms. The SMILES string of the molecule is CC/C=C\C/C=C\C/C=C\C/C=C\C/C=C\CCCCCCCCCC(=O)OCC(COC(=O)CCCCCCC/C=C\CCCC)OC(=O)CCC/C=C\C/C=C\C/C=C\C/C=C\C/C=C\CC. The highest BCUT2D eigenvalue weighted by molar-refractivity contribution is 5.71. The number of rotatable bonds is 48. The molecule has 0 aromatic rings. The van der Waals surface area contributed by atoms with E-state index in [1.165, 1.54) is 51.4 Å². The maximum Gasteiger partial charge on any atom is 0.306 e. The Labute approximate surface area is 424 Å². The van der Waals surface area contributed by atoms with Crippen molar-refractivity contribution in [2.75, 3.05) is 13.2 Å². The van der Waals surface area contributed by atoms with E-state index in [2.05, 4.69) is 154 Å². The molecule has 0 aliphatic heterocycles. The van der Waals surface area contributed by atoms with Crippen LogP contribution in [0.25, 0.3) is 0 Å². The van der Waals surface area contributed by atoms with E-state index >= 15 is 0 Å². The Morgan fingerprint density at radius 1 is 0.304 bits per heavy atom. The van der Waals surface area contributed by atoms with Crippen LogP contribution in [-0.4, -0.2) is 37.2 Å². The quantitative estimate of drug-likeness (QED) is 0.0262. The van der Waals surface area contributed by atoms with E-state index in [1.807, 2.05) is 0 Å². The van der Waals surface area contributed by atoms with Crippen molar-refractivity contribution in [2.24, 2.45) is 0 Å². The maximum absolute atomic E-state index is 12.8. The van der Waals surface area contributed by atoms with E-state index in [-0.39, 0.29) is 37.5 Å². The van der Waals surface area contributed by atoms with E-state index in [0.29, 0.717) is 19.3 Å². The smallest absolute Gasteiger partial charge is 0.306 e. The Morgan fingerprint density at radius 2 is 0.580 bits per heavy atom. The van der Waals surface area contributed by atoms with Crippen LogP contribution < -0.4 is 0 Å². The number of carbonyl (C=O) groups is 3. The molecule has 388 valence electrons. The van der Waals surface area contributed by atoms with E-state index in [1.54, 1.807) is 0 Å². The fourth-order valence-corrected chi connectivity index (χ4v) is 7.01. The van der Waals surface area contributed by atoms with E-state index in [0.717, 1.165) is 128 Å². The Balaban J connectivity index is 4.45. The number of carbonyl (C=O) groups excluding carboxylic acids is 3. The number of hydrogen-bond acceptors (Lipinski definition) is 6. The number of allylic oxidation sites excluding steroid dienone is 22. The predicted octanol–water partition coefficient (Wildman–Crippen LogP) is 18.6. The third kappa shape index (κ3) is 54.4. The minimum atomic E-state index is -0.820. The fraction of sp³-hybridized carbons (Fsp3) is 0.603. The first-order chi connectivity index (χ1) is 34.0. The first-order valence-corrected chi connectivity index (χ1v) is 27.7. The van der Waals surface area contributed by atoms with Crippen molar-refractivity contribution in [2.45, 2.75) is 232 Å². The van der Waals surface area contributed by atoms with Crippen molar-refractivity contribution >= 4 is 17.9 Å². The zero-order valence-corrected chi connectivity index (χ0v) is 44.3. The molecule has 6 heteroatoms. The molecule has 0 spiro atoms. The fourth-order valence-electron chi connectivity index (χ4n) is 7.01. The molecular weight excluding hydrogens is 853 g/mol. The van der Waals surface area contributed by atoms with Gasteiger partial charge < -0.3 is 14.2 Å². The third-order valence-corrected chi connectivity index (χ3v) is 11.1. The van der Waals surface area contributed by atoms with Crippen LogP contribution in [0.2, 0.25) is 0 Å². The number of unbranched alkanes of at least 4 members (excludes halogenated alkanes) is 15. The first kappa shape index (κ1) is 64.5. The summed E-state index contributed by atoms with van der Waals surface area (Å²) in [6.45, 7) is 6.29. The van der Waals surface area contributed by atoms with Gasteiger partial charge in [-0.05, 0) is 122 Å². The largest absolute Gasteiger partial charge is 0.462 e.